The number of carbonyl (C=O) groups is 1. The normalized spacial score (nSPS) is 25.7. The van der Waals surface area contributed by atoms with Crippen LogP contribution >= 0.6 is 0 Å². The molecule has 3 atom stereocenters. The van der Waals surface area contributed by atoms with Gasteiger partial charge in [-0.2, -0.15) is 0 Å². The Balaban J connectivity index is 1.82. The molecule has 6 heteroatoms. The average molecular weight is 412 g/mol. The first-order valence-electron chi connectivity index (χ1n) is 11.0. The number of ether oxygens (including phenoxy) is 1. The Morgan fingerprint density at radius 3 is 2.52 bits per heavy atom. The predicted octanol–water partition coefficient (Wildman–Crippen LogP) is 5.48. The molecule has 1 aromatic rings. The Hall–Kier alpha value is -1.56. The van der Waals surface area contributed by atoms with Crippen LogP contribution in [-0.2, 0) is 9.53 Å². The summed E-state index contributed by atoms with van der Waals surface area (Å²) in [5.41, 5.74) is 0.166. The van der Waals surface area contributed by atoms with Gasteiger partial charge in [-0.25, -0.2) is 13.2 Å². The van der Waals surface area contributed by atoms with Crippen molar-refractivity contribution in [2.24, 2.45) is 11.8 Å². The lowest BCUT2D eigenvalue weighted by Gasteiger charge is -2.40. The van der Waals surface area contributed by atoms with Gasteiger partial charge in [0.05, 0.1) is 6.61 Å². The van der Waals surface area contributed by atoms with Gasteiger partial charge in [0.15, 0.2) is 17.5 Å². The molecule has 1 aromatic carbocycles. The molecule has 162 valence electrons. The molecule has 0 amide bonds. The molecule has 1 N–H and O–H groups in total. The minimum Gasteiger partial charge on any atom is -0.466 e. The Bertz CT molecular complexity index is 691. The van der Waals surface area contributed by atoms with Crippen molar-refractivity contribution in [1.29, 1.82) is 0 Å². The molecule has 2 fully saturated rings. The van der Waals surface area contributed by atoms with E-state index in [1.54, 1.807) is 6.92 Å². The number of hydrogen-bond acceptors (Lipinski definition) is 3. The van der Waals surface area contributed by atoms with Crippen molar-refractivity contribution in [3.05, 3.63) is 35.1 Å². The van der Waals surface area contributed by atoms with Gasteiger partial charge in [-0.3, -0.25) is 4.79 Å². The molecule has 2 aliphatic rings. The Morgan fingerprint density at radius 1 is 1.03 bits per heavy atom. The van der Waals surface area contributed by atoms with E-state index in [0.29, 0.717) is 12.5 Å². The fourth-order valence-corrected chi connectivity index (χ4v) is 5.16. The molecule has 3 unspecified atom stereocenters. The van der Waals surface area contributed by atoms with E-state index in [4.69, 9.17) is 4.74 Å². The highest BCUT2D eigenvalue weighted by Crippen LogP contribution is 2.42. The highest BCUT2D eigenvalue weighted by molar-refractivity contribution is 5.69. The van der Waals surface area contributed by atoms with Crippen LogP contribution in [-0.4, -0.2) is 25.2 Å². The van der Waals surface area contributed by atoms with Crippen LogP contribution in [0, 0.1) is 29.3 Å². The molecule has 3 rings (SSSR count). The van der Waals surface area contributed by atoms with Gasteiger partial charge in [-0.05, 0) is 62.6 Å². The molecule has 3 nitrogen and oxygen atoms in total. The second-order valence-electron chi connectivity index (χ2n) is 8.51. The molecule has 0 aromatic heterocycles. The van der Waals surface area contributed by atoms with Crippen molar-refractivity contribution in [2.75, 3.05) is 13.2 Å². The van der Waals surface area contributed by atoms with Gasteiger partial charge in [0.25, 0.3) is 0 Å². The molecule has 0 saturated heterocycles. The fraction of sp³-hybridized carbons (Fsp3) is 0.696. The quantitative estimate of drug-likeness (QED) is 0.477. The van der Waals surface area contributed by atoms with Crippen LogP contribution < -0.4 is 5.32 Å². The standard InChI is InChI=1S/C23H32F3NO2/c1-2-29-20(28)13-16-9-6-10-19(27-14-15-7-4-3-5-8-15)21(16)17-11-12-18(24)23(26)22(17)25/h11-12,15-16,19,21,27H,2-10,13-14H2,1H3. The maximum atomic E-state index is 14.7. The highest BCUT2D eigenvalue weighted by atomic mass is 19.2. The predicted molar refractivity (Wildman–Crippen MR) is 106 cm³/mol. The van der Waals surface area contributed by atoms with Crippen LogP contribution in [0.15, 0.2) is 12.1 Å². The highest BCUT2D eigenvalue weighted by Gasteiger charge is 2.38. The van der Waals surface area contributed by atoms with Crippen LogP contribution in [0.1, 0.15) is 76.2 Å². The number of carbonyl (C=O) groups excluding carboxylic acids is 1. The molecule has 0 heterocycles. The molecule has 0 radical (unpaired) electrons. The molecule has 0 bridgehead atoms. The van der Waals surface area contributed by atoms with Crippen LogP contribution in [0.25, 0.3) is 0 Å². The summed E-state index contributed by atoms with van der Waals surface area (Å²) in [5, 5.41) is 3.60. The number of rotatable bonds is 7. The van der Waals surface area contributed by atoms with Gasteiger partial charge >= 0.3 is 5.97 Å². The Labute approximate surface area is 171 Å². The second-order valence-corrected chi connectivity index (χ2v) is 8.51. The van der Waals surface area contributed by atoms with E-state index in [1.807, 2.05) is 0 Å². The Kier molecular flexibility index (Phi) is 7.99. The minimum absolute atomic E-state index is 0.0653. The molecule has 2 saturated carbocycles. The summed E-state index contributed by atoms with van der Waals surface area (Å²) in [4.78, 5) is 12.1. The van der Waals surface area contributed by atoms with Crippen molar-refractivity contribution >= 4 is 5.97 Å². The SMILES string of the molecule is CCOC(=O)CC1CCCC(NCC2CCCCC2)C1c1ccc(F)c(F)c1F. The minimum atomic E-state index is -1.44. The summed E-state index contributed by atoms with van der Waals surface area (Å²) < 4.78 is 47.3. The number of halogens is 3. The van der Waals surface area contributed by atoms with Gasteiger partial charge in [0.2, 0.25) is 0 Å². The lowest BCUT2D eigenvalue weighted by Crippen LogP contribution is -2.44. The van der Waals surface area contributed by atoms with Crippen molar-refractivity contribution < 1.29 is 22.7 Å². The summed E-state index contributed by atoms with van der Waals surface area (Å²) in [7, 11) is 0. The van der Waals surface area contributed by atoms with Gasteiger partial charge in [0.1, 0.15) is 0 Å². The molecule has 0 spiro atoms. The zero-order valence-electron chi connectivity index (χ0n) is 17.2. The summed E-state index contributed by atoms with van der Waals surface area (Å²) in [6.45, 7) is 2.89. The maximum Gasteiger partial charge on any atom is 0.306 e. The van der Waals surface area contributed by atoms with Crippen LogP contribution in [0.3, 0.4) is 0 Å². The monoisotopic (exact) mass is 411 g/mol. The summed E-state index contributed by atoms with van der Waals surface area (Å²) >= 11 is 0. The number of esters is 1. The first-order valence-corrected chi connectivity index (χ1v) is 11.0. The zero-order chi connectivity index (χ0) is 20.8. The molecular formula is C23H32F3NO2. The van der Waals surface area contributed by atoms with Gasteiger partial charge in [-0.1, -0.05) is 31.7 Å². The van der Waals surface area contributed by atoms with E-state index < -0.39 is 17.5 Å². The van der Waals surface area contributed by atoms with Crippen molar-refractivity contribution in [3.63, 3.8) is 0 Å². The van der Waals surface area contributed by atoms with E-state index >= 15 is 0 Å². The van der Waals surface area contributed by atoms with E-state index in [9.17, 15) is 18.0 Å². The van der Waals surface area contributed by atoms with E-state index in [1.165, 1.54) is 38.2 Å². The van der Waals surface area contributed by atoms with Gasteiger partial charge in [0, 0.05) is 18.4 Å². The third-order valence-corrected chi connectivity index (χ3v) is 6.58. The van der Waals surface area contributed by atoms with Gasteiger partial charge in [-0.15, -0.1) is 0 Å². The largest absolute Gasteiger partial charge is 0.466 e. The molecular weight excluding hydrogens is 379 g/mol. The van der Waals surface area contributed by atoms with Crippen molar-refractivity contribution in [3.8, 4) is 0 Å². The summed E-state index contributed by atoms with van der Waals surface area (Å²) in [6.07, 6.45) is 8.79. The topological polar surface area (TPSA) is 38.3 Å². The molecule has 29 heavy (non-hydrogen) atoms. The zero-order valence-corrected chi connectivity index (χ0v) is 17.2. The molecule has 0 aliphatic heterocycles. The fourth-order valence-electron chi connectivity index (χ4n) is 5.16. The van der Waals surface area contributed by atoms with E-state index in [0.717, 1.165) is 31.9 Å². The smallest absolute Gasteiger partial charge is 0.306 e. The van der Waals surface area contributed by atoms with Crippen LogP contribution in [0.4, 0.5) is 13.2 Å². The van der Waals surface area contributed by atoms with E-state index in [-0.39, 0.29) is 35.8 Å². The summed E-state index contributed by atoms with van der Waals surface area (Å²) in [6, 6.07) is 2.27. The second kappa shape index (κ2) is 10.5. The van der Waals surface area contributed by atoms with Crippen LogP contribution in [0.2, 0.25) is 0 Å². The molecule has 2 aliphatic carbocycles. The van der Waals surface area contributed by atoms with E-state index in [2.05, 4.69) is 5.32 Å². The first-order chi connectivity index (χ1) is 14.0. The summed E-state index contributed by atoms with van der Waals surface area (Å²) in [5.74, 6) is -4.01. The maximum absolute atomic E-state index is 14.7. The third kappa shape index (κ3) is 5.53. The van der Waals surface area contributed by atoms with Gasteiger partial charge < -0.3 is 10.1 Å². The lowest BCUT2D eigenvalue weighted by molar-refractivity contribution is -0.144. The third-order valence-electron chi connectivity index (χ3n) is 6.58. The average Bonchev–Trinajstić information content (AvgIpc) is 2.72. The lowest BCUT2D eigenvalue weighted by atomic mass is 9.70. The number of nitrogens with one attached hydrogen (secondary N) is 1. The van der Waals surface area contributed by atoms with Crippen LogP contribution in [0.5, 0.6) is 0 Å². The number of benzene rings is 1. The Morgan fingerprint density at radius 2 is 1.79 bits per heavy atom. The van der Waals surface area contributed by atoms with Crippen molar-refractivity contribution in [1.82, 2.24) is 5.32 Å². The number of hydrogen-bond donors (Lipinski definition) is 1. The van der Waals surface area contributed by atoms with Crippen molar-refractivity contribution in [2.45, 2.75) is 76.7 Å². The first kappa shape index (κ1) is 22.1.